The minimum absolute atomic E-state index is 0.0175. The zero-order chi connectivity index (χ0) is 31.1. The van der Waals surface area contributed by atoms with E-state index in [0.717, 1.165) is 40.0 Å². The van der Waals surface area contributed by atoms with Crippen molar-refractivity contribution in [3.05, 3.63) is 106 Å². The third kappa shape index (κ3) is 6.94. The minimum Gasteiger partial charge on any atom is -0.374 e. The number of thioether (sulfide) groups is 2. The summed E-state index contributed by atoms with van der Waals surface area (Å²) in [4.78, 5) is 7.45. The van der Waals surface area contributed by atoms with Crippen molar-refractivity contribution < 1.29 is 0 Å². The second-order valence-electron chi connectivity index (χ2n) is 12.7. The number of aromatic nitrogens is 4. The Kier molecular flexibility index (Phi) is 8.72. The first-order chi connectivity index (χ1) is 20.9. The molecule has 0 aliphatic heterocycles. The number of halogens is 1. The van der Waals surface area contributed by atoms with Crippen LogP contribution in [-0.2, 0) is 24.1 Å². The van der Waals surface area contributed by atoms with E-state index in [-0.39, 0.29) is 10.2 Å². The standard InChI is InChI=1S/C35H36ClN5S3/c1-34(2,3)44-31-27-18-26(42-21-25-15-12-23-8-6-7-9-28(23)38-25)16-17-29(27)41(20-22-10-13-24(36)14-11-22)30(31)19-35(4,5)32-39-40-33(37)43-32/h6-18H,19-21H2,1-5H3,(H2,37,40). The SMILES string of the molecule is CC(C)(C)Sc1c(CC(C)(C)c2nnc(N)s2)n(Cc2ccc(Cl)cc2)c2ccc(SCc3ccc4ccccc4n3)cc12. The van der Waals surface area contributed by atoms with Crippen molar-refractivity contribution in [1.29, 1.82) is 0 Å². The van der Waals surface area contributed by atoms with E-state index in [1.165, 1.54) is 48.7 Å². The molecule has 6 rings (SSSR count). The average molecular weight is 658 g/mol. The van der Waals surface area contributed by atoms with Crippen LogP contribution in [0.4, 0.5) is 5.13 Å². The number of para-hydroxylation sites is 1. The van der Waals surface area contributed by atoms with Crippen molar-refractivity contribution in [1.82, 2.24) is 19.7 Å². The van der Waals surface area contributed by atoms with Crippen LogP contribution in [0.5, 0.6) is 0 Å². The Hall–Kier alpha value is -3.04. The Morgan fingerprint density at radius 2 is 1.68 bits per heavy atom. The minimum atomic E-state index is -0.256. The fraction of sp³-hybridized carbons (Fsp3) is 0.286. The first-order valence-electron chi connectivity index (χ1n) is 14.6. The van der Waals surface area contributed by atoms with Gasteiger partial charge >= 0.3 is 0 Å². The Morgan fingerprint density at radius 1 is 0.909 bits per heavy atom. The van der Waals surface area contributed by atoms with E-state index in [9.17, 15) is 0 Å². The number of hydrogen-bond donors (Lipinski definition) is 1. The maximum absolute atomic E-state index is 6.26. The van der Waals surface area contributed by atoms with E-state index >= 15 is 0 Å². The van der Waals surface area contributed by atoms with Crippen LogP contribution < -0.4 is 5.73 Å². The monoisotopic (exact) mass is 657 g/mol. The molecule has 3 heterocycles. The van der Waals surface area contributed by atoms with Gasteiger partial charge in [0.05, 0.1) is 11.2 Å². The van der Waals surface area contributed by atoms with Crippen molar-refractivity contribution in [3.8, 4) is 0 Å². The van der Waals surface area contributed by atoms with Crippen LogP contribution in [0.1, 0.15) is 56.6 Å². The molecule has 0 aliphatic carbocycles. The van der Waals surface area contributed by atoms with Gasteiger partial charge in [-0.1, -0.05) is 94.0 Å². The van der Waals surface area contributed by atoms with Gasteiger partial charge in [-0.05, 0) is 48.0 Å². The van der Waals surface area contributed by atoms with E-state index in [0.29, 0.717) is 5.13 Å². The number of pyridine rings is 1. The van der Waals surface area contributed by atoms with Crippen LogP contribution in [0, 0.1) is 0 Å². The number of nitrogen functional groups attached to an aromatic ring is 1. The molecule has 6 aromatic rings. The Labute approximate surface area is 276 Å². The van der Waals surface area contributed by atoms with Gasteiger partial charge in [0.2, 0.25) is 5.13 Å². The summed E-state index contributed by atoms with van der Waals surface area (Å²) in [5.74, 6) is 0.807. The van der Waals surface area contributed by atoms with Gasteiger partial charge in [0.15, 0.2) is 0 Å². The Balaban J connectivity index is 1.43. The van der Waals surface area contributed by atoms with E-state index in [4.69, 9.17) is 22.3 Å². The highest BCUT2D eigenvalue weighted by Gasteiger charge is 2.31. The quantitative estimate of drug-likeness (QED) is 0.156. The summed E-state index contributed by atoms with van der Waals surface area (Å²) >= 11 is 11.5. The molecular formula is C35H36ClN5S3. The van der Waals surface area contributed by atoms with Crippen LogP contribution in [-0.4, -0.2) is 24.5 Å². The lowest BCUT2D eigenvalue weighted by atomic mass is 9.88. The summed E-state index contributed by atoms with van der Waals surface area (Å²) in [6.45, 7) is 12.1. The van der Waals surface area contributed by atoms with Gasteiger partial charge in [-0.25, -0.2) is 0 Å². The van der Waals surface area contributed by atoms with Crippen LogP contribution in [0.15, 0.2) is 88.7 Å². The molecule has 0 radical (unpaired) electrons. The lowest BCUT2D eigenvalue weighted by Gasteiger charge is -2.25. The number of nitrogens with two attached hydrogens (primary N) is 1. The largest absolute Gasteiger partial charge is 0.374 e. The molecule has 44 heavy (non-hydrogen) atoms. The van der Waals surface area contributed by atoms with Crippen molar-refractivity contribution in [2.75, 3.05) is 5.73 Å². The zero-order valence-electron chi connectivity index (χ0n) is 25.6. The average Bonchev–Trinajstić information content (AvgIpc) is 3.54. The first kappa shape index (κ1) is 31.0. The molecule has 0 bridgehead atoms. The molecule has 3 aromatic carbocycles. The van der Waals surface area contributed by atoms with Crippen LogP contribution >= 0.6 is 46.5 Å². The molecule has 0 aliphatic rings. The first-order valence-corrected chi connectivity index (χ1v) is 17.6. The van der Waals surface area contributed by atoms with Gasteiger partial charge in [-0.15, -0.1) is 33.7 Å². The summed E-state index contributed by atoms with van der Waals surface area (Å²) in [6, 6.07) is 27.7. The van der Waals surface area contributed by atoms with E-state index in [1.807, 2.05) is 41.7 Å². The molecule has 2 N–H and O–H groups in total. The fourth-order valence-corrected chi connectivity index (χ4v) is 8.21. The molecule has 9 heteroatoms. The molecule has 0 spiro atoms. The van der Waals surface area contributed by atoms with Gasteiger partial charge in [0.1, 0.15) is 5.01 Å². The van der Waals surface area contributed by atoms with E-state index in [2.05, 4.69) is 110 Å². The number of rotatable bonds is 9. The molecule has 0 atom stereocenters. The van der Waals surface area contributed by atoms with Gasteiger partial charge in [0, 0.05) is 65.7 Å². The predicted molar refractivity (Wildman–Crippen MR) is 190 cm³/mol. The molecular weight excluding hydrogens is 622 g/mol. The molecule has 5 nitrogen and oxygen atoms in total. The summed E-state index contributed by atoms with van der Waals surface area (Å²) < 4.78 is 2.50. The van der Waals surface area contributed by atoms with Gasteiger partial charge in [-0.3, -0.25) is 4.98 Å². The van der Waals surface area contributed by atoms with Crippen LogP contribution in [0.2, 0.25) is 5.02 Å². The molecule has 0 fully saturated rings. The van der Waals surface area contributed by atoms with E-state index in [1.54, 1.807) is 0 Å². The van der Waals surface area contributed by atoms with Gasteiger partial charge in [0.25, 0.3) is 0 Å². The van der Waals surface area contributed by atoms with Gasteiger partial charge in [-0.2, -0.15) is 0 Å². The van der Waals surface area contributed by atoms with Crippen LogP contribution in [0.3, 0.4) is 0 Å². The predicted octanol–water partition coefficient (Wildman–Crippen LogP) is 10.0. The molecule has 0 unspecified atom stereocenters. The third-order valence-corrected chi connectivity index (χ3v) is 11.1. The van der Waals surface area contributed by atoms with Gasteiger partial charge < -0.3 is 10.3 Å². The molecule has 0 amide bonds. The molecule has 0 saturated carbocycles. The number of benzene rings is 3. The number of anilines is 1. The van der Waals surface area contributed by atoms with Crippen molar-refractivity contribution in [2.24, 2.45) is 0 Å². The molecule has 3 aromatic heterocycles. The highest BCUT2D eigenvalue weighted by Crippen LogP contribution is 2.45. The Morgan fingerprint density at radius 3 is 2.41 bits per heavy atom. The van der Waals surface area contributed by atoms with E-state index < -0.39 is 0 Å². The lowest BCUT2D eigenvalue weighted by molar-refractivity contribution is 0.492. The summed E-state index contributed by atoms with van der Waals surface area (Å²) in [5, 5.41) is 13.2. The van der Waals surface area contributed by atoms with Crippen molar-refractivity contribution >= 4 is 73.4 Å². The highest BCUT2D eigenvalue weighted by molar-refractivity contribution is 8.01. The number of fused-ring (bicyclic) bond motifs is 2. The number of hydrogen-bond acceptors (Lipinski definition) is 7. The summed E-state index contributed by atoms with van der Waals surface area (Å²) in [6.07, 6.45) is 0.797. The van der Waals surface area contributed by atoms with Crippen LogP contribution in [0.25, 0.3) is 21.8 Å². The maximum Gasteiger partial charge on any atom is 0.203 e. The highest BCUT2D eigenvalue weighted by atomic mass is 35.5. The lowest BCUT2D eigenvalue weighted by Crippen LogP contribution is -2.23. The summed E-state index contributed by atoms with van der Waals surface area (Å²) in [7, 11) is 0. The molecule has 226 valence electrons. The fourth-order valence-electron chi connectivity index (χ4n) is 5.34. The maximum atomic E-state index is 6.26. The smallest absolute Gasteiger partial charge is 0.203 e. The molecule has 0 saturated heterocycles. The Bertz CT molecular complexity index is 1940. The third-order valence-electron chi connectivity index (χ3n) is 7.43. The topological polar surface area (TPSA) is 69.6 Å². The summed E-state index contributed by atoms with van der Waals surface area (Å²) in [5.41, 5.74) is 11.6. The normalized spacial score (nSPS) is 12.4. The second-order valence-corrected chi connectivity index (χ2v) is 17.0. The number of nitrogens with zero attached hydrogens (tertiary/aromatic N) is 4. The van der Waals surface area contributed by atoms with Crippen molar-refractivity contribution in [2.45, 2.75) is 73.3 Å². The second kappa shape index (κ2) is 12.4. The van der Waals surface area contributed by atoms with Crippen molar-refractivity contribution in [3.63, 3.8) is 0 Å². The zero-order valence-corrected chi connectivity index (χ0v) is 28.8.